The Balaban J connectivity index is 1.80. The summed E-state index contributed by atoms with van der Waals surface area (Å²) < 4.78 is 18.2. The Bertz CT molecular complexity index is 872. The van der Waals surface area contributed by atoms with Gasteiger partial charge in [-0.25, -0.2) is 19.3 Å². The van der Waals surface area contributed by atoms with Crippen molar-refractivity contribution in [3.05, 3.63) is 47.0 Å². The number of rotatable bonds is 7. The third-order valence-electron chi connectivity index (χ3n) is 3.29. The van der Waals surface area contributed by atoms with E-state index in [0.717, 1.165) is 18.1 Å². The molecule has 0 saturated carbocycles. The lowest BCUT2D eigenvalue weighted by Crippen LogP contribution is -2.20. The van der Waals surface area contributed by atoms with Crippen LogP contribution >= 0.6 is 11.6 Å². The minimum Gasteiger partial charge on any atom is -0.382 e. The second kappa shape index (κ2) is 8.02. The predicted octanol–water partition coefficient (Wildman–Crippen LogP) is 2.63. The Kier molecular flexibility index (Phi) is 5.54. The Morgan fingerprint density at radius 2 is 2.04 bits per heavy atom. The van der Waals surface area contributed by atoms with E-state index in [4.69, 9.17) is 16.3 Å². The molecule has 0 aliphatic heterocycles. The second-order valence-electron chi connectivity index (χ2n) is 5.36. The number of halogens is 2. The molecule has 0 bridgehead atoms. The van der Waals surface area contributed by atoms with E-state index in [2.05, 4.69) is 40.8 Å². The van der Waals surface area contributed by atoms with Gasteiger partial charge in [-0.3, -0.25) is 5.10 Å². The lowest BCUT2D eigenvalue weighted by atomic mass is 10.3. The Labute approximate surface area is 153 Å². The maximum absolute atomic E-state index is 13.0. The van der Waals surface area contributed by atoms with Crippen molar-refractivity contribution in [3.8, 4) is 0 Å². The Morgan fingerprint density at radius 1 is 1.27 bits per heavy atom. The van der Waals surface area contributed by atoms with E-state index in [0.29, 0.717) is 22.5 Å². The molecular weight excluding hydrogens is 363 g/mol. The summed E-state index contributed by atoms with van der Waals surface area (Å²) in [6, 6.07) is 1.34. The summed E-state index contributed by atoms with van der Waals surface area (Å²) in [5.74, 6) is 1.06. The number of aromatic nitrogens is 6. The zero-order chi connectivity index (χ0) is 18.5. The molecule has 3 aromatic heterocycles. The van der Waals surface area contributed by atoms with Gasteiger partial charge in [-0.05, 0) is 6.92 Å². The molecule has 0 spiro atoms. The van der Waals surface area contributed by atoms with Crippen LogP contribution in [0, 0.1) is 12.7 Å². The summed E-state index contributed by atoms with van der Waals surface area (Å²) in [5, 5.41) is 13.3. The van der Waals surface area contributed by atoms with Gasteiger partial charge in [-0.15, -0.1) is 0 Å². The number of anilines is 3. The molecule has 0 unspecified atom stereocenters. The molecule has 11 heteroatoms. The average Bonchev–Trinajstić information content (AvgIpc) is 3.03. The molecule has 9 nitrogen and oxygen atoms in total. The van der Waals surface area contributed by atoms with Gasteiger partial charge in [0.15, 0.2) is 23.3 Å². The Hall–Kier alpha value is -2.85. The van der Waals surface area contributed by atoms with Crippen LogP contribution in [-0.2, 0) is 4.74 Å². The third kappa shape index (κ3) is 4.41. The number of H-pyrrole nitrogens is 1. The monoisotopic (exact) mass is 378 g/mol. The van der Waals surface area contributed by atoms with Crippen molar-refractivity contribution in [1.82, 2.24) is 30.1 Å². The third-order valence-corrected chi connectivity index (χ3v) is 3.56. The fourth-order valence-electron chi connectivity index (χ4n) is 2.13. The summed E-state index contributed by atoms with van der Waals surface area (Å²) in [6.45, 7) is 2.11. The summed E-state index contributed by atoms with van der Waals surface area (Å²) in [5.41, 5.74) is 0.893. The zero-order valence-corrected chi connectivity index (χ0v) is 14.8. The molecule has 0 saturated heterocycles. The molecule has 26 heavy (non-hydrogen) atoms. The zero-order valence-electron chi connectivity index (χ0n) is 14.0. The van der Waals surface area contributed by atoms with Crippen LogP contribution in [0.5, 0.6) is 0 Å². The van der Waals surface area contributed by atoms with Gasteiger partial charge in [-0.1, -0.05) is 11.6 Å². The molecule has 3 rings (SSSR count). The highest BCUT2D eigenvalue weighted by atomic mass is 35.5. The number of hydrogen-bond acceptors (Lipinski definition) is 8. The highest BCUT2D eigenvalue weighted by Gasteiger charge is 2.17. The molecule has 0 aromatic carbocycles. The molecule has 0 aliphatic rings. The lowest BCUT2D eigenvalue weighted by Gasteiger charge is -2.17. The molecule has 0 fully saturated rings. The SMILES string of the molecule is COC[C@H](Nc1ncc(Cl)c(Nc2cc(C)[nH]n2)n1)c1ncc(F)cn1. The van der Waals surface area contributed by atoms with Gasteiger partial charge in [0.05, 0.1) is 25.2 Å². The van der Waals surface area contributed by atoms with Crippen molar-refractivity contribution < 1.29 is 9.13 Å². The van der Waals surface area contributed by atoms with Gasteiger partial charge in [0.1, 0.15) is 11.1 Å². The summed E-state index contributed by atoms with van der Waals surface area (Å²) in [4.78, 5) is 16.4. The number of nitrogens with one attached hydrogen (secondary N) is 3. The minimum atomic E-state index is -0.520. The van der Waals surface area contributed by atoms with E-state index in [1.54, 1.807) is 0 Å². The molecular formula is C15H16ClFN8O. The van der Waals surface area contributed by atoms with Gasteiger partial charge in [0, 0.05) is 18.9 Å². The topological polar surface area (TPSA) is 114 Å². The number of nitrogens with zero attached hydrogens (tertiary/aromatic N) is 5. The molecule has 0 amide bonds. The van der Waals surface area contributed by atoms with Crippen LogP contribution in [0.25, 0.3) is 0 Å². The fourth-order valence-corrected chi connectivity index (χ4v) is 2.27. The van der Waals surface area contributed by atoms with Gasteiger partial charge >= 0.3 is 0 Å². The van der Waals surface area contributed by atoms with Gasteiger partial charge < -0.3 is 15.4 Å². The molecule has 0 radical (unpaired) electrons. The number of aromatic amines is 1. The van der Waals surface area contributed by atoms with E-state index in [1.807, 2.05) is 13.0 Å². The number of ether oxygens (including phenoxy) is 1. The predicted molar refractivity (Wildman–Crippen MR) is 93.9 cm³/mol. The van der Waals surface area contributed by atoms with Crippen LogP contribution in [0.3, 0.4) is 0 Å². The number of hydrogen-bond donors (Lipinski definition) is 3. The molecule has 0 aliphatic carbocycles. The Morgan fingerprint density at radius 3 is 2.69 bits per heavy atom. The van der Waals surface area contributed by atoms with E-state index in [-0.39, 0.29) is 12.6 Å². The summed E-state index contributed by atoms with van der Waals surface area (Å²) in [7, 11) is 1.54. The molecule has 136 valence electrons. The highest BCUT2D eigenvalue weighted by Crippen LogP contribution is 2.24. The normalized spacial score (nSPS) is 12.0. The minimum absolute atomic E-state index is 0.235. The standard InChI is InChI=1S/C15H16ClFN8O/c1-8-3-12(25-24-8)22-13-10(16)6-20-15(23-13)21-11(7-26-2)14-18-4-9(17)5-19-14/h3-6,11H,7H2,1-2H3,(H3,20,21,22,23,24,25)/t11-/m0/s1. The van der Waals surface area contributed by atoms with E-state index in [9.17, 15) is 4.39 Å². The maximum Gasteiger partial charge on any atom is 0.225 e. The second-order valence-corrected chi connectivity index (χ2v) is 5.77. The van der Waals surface area contributed by atoms with Crippen LogP contribution < -0.4 is 10.6 Å². The van der Waals surface area contributed by atoms with Crippen LogP contribution in [-0.4, -0.2) is 43.8 Å². The smallest absolute Gasteiger partial charge is 0.225 e. The van der Waals surface area contributed by atoms with E-state index >= 15 is 0 Å². The van der Waals surface area contributed by atoms with Crippen LogP contribution in [0.4, 0.5) is 22.0 Å². The van der Waals surface area contributed by atoms with Gasteiger partial charge in [0.2, 0.25) is 5.95 Å². The first-order chi connectivity index (χ1) is 12.5. The van der Waals surface area contributed by atoms with Crippen molar-refractivity contribution in [3.63, 3.8) is 0 Å². The summed E-state index contributed by atoms with van der Waals surface area (Å²) >= 11 is 6.14. The molecule has 3 N–H and O–H groups in total. The first kappa shape index (κ1) is 18.0. The van der Waals surface area contributed by atoms with Crippen LogP contribution in [0.1, 0.15) is 17.6 Å². The van der Waals surface area contributed by atoms with Crippen molar-refractivity contribution in [2.75, 3.05) is 24.4 Å². The van der Waals surface area contributed by atoms with Crippen LogP contribution in [0.2, 0.25) is 5.02 Å². The number of methoxy groups -OCH3 is 1. The highest BCUT2D eigenvalue weighted by molar-refractivity contribution is 6.32. The summed E-state index contributed by atoms with van der Waals surface area (Å²) in [6.07, 6.45) is 3.62. The first-order valence-electron chi connectivity index (χ1n) is 7.59. The van der Waals surface area contributed by atoms with Gasteiger partial charge in [0.25, 0.3) is 0 Å². The average molecular weight is 379 g/mol. The fraction of sp³-hybridized carbons (Fsp3) is 0.267. The van der Waals surface area contributed by atoms with E-state index < -0.39 is 11.9 Å². The van der Waals surface area contributed by atoms with Crippen molar-refractivity contribution in [2.24, 2.45) is 0 Å². The van der Waals surface area contributed by atoms with Crippen molar-refractivity contribution in [1.29, 1.82) is 0 Å². The largest absolute Gasteiger partial charge is 0.382 e. The number of aryl methyl sites for hydroxylation is 1. The van der Waals surface area contributed by atoms with Crippen molar-refractivity contribution in [2.45, 2.75) is 13.0 Å². The van der Waals surface area contributed by atoms with Crippen LogP contribution in [0.15, 0.2) is 24.7 Å². The molecule has 3 heterocycles. The van der Waals surface area contributed by atoms with Gasteiger partial charge in [-0.2, -0.15) is 10.1 Å². The first-order valence-corrected chi connectivity index (χ1v) is 7.97. The molecule has 3 aromatic rings. The van der Waals surface area contributed by atoms with E-state index in [1.165, 1.54) is 13.3 Å². The molecule has 1 atom stereocenters. The maximum atomic E-state index is 13.0. The lowest BCUT2D eigenvalue weighted by molar-refractivity contribution is 0.183. The quantitative estimate of drug-likeness (QED) is 0.575. The van der Waals surface area contributed by atoms with Crippen molar-refractivity contribution >= 4 is 29.2 Å².